The summed E-state index contributed by atoms with van der Waals surface area (Å²) in [6, 6.07) is 6.34. The summed E-state index contributed by atoms with van der Waals surface area (Å²) >= 11 is 0. The number of nitrogens with zero attached hydrogens (tertiary/aromatic N) is 3. The molecule has 0 aliphatic heterocycles. The van der Waals surface area contributed by atoms with E-state index in [4.69, 9.17) is 4.42 Å². The van der Waals surface area contributed by atoms with Crippen molar-refractivity contribution in [3.63, 3.8) is 0 Å². The Morgan fingerprint density at radius 3 is 2.43 bits per heavy atom. The van der Waals surface area contributed by atoms with Gasteiger partial charge in [-0.15, -0.1) is 0 Å². The summed E-state index contributed by atoms with van der Waals surface area (Å²) in [5.74, 6) is -4.30. The fourth-order valence-corrected chi connectivity index (χ4v) is 3.76. The number of rotatable bonds is 5. The molecule has 2 aromatic heterocycles. The van der Waals surface area contributed by atoms with Gasteiger partial charge in [0.1, 0.15) is 5.82 Å². The predicted molar refractivity (Wildman–Crippen MR) is 111 cm³/mol. The van der Waals surface area contributed by atoms with Gasteiger partial charge in [-0.25, -0.2) is 14.0 Å². The van der Waals surface area contributed by atoms with Crippen LogP contribution >= 0.6 is 0 Å². The number of hydrogen-bond donors (Lipinski definition) is 0. The van der Waals surface area contributed by atoms with E-state index in [1.807, 2.05) is 0 Å². The lowest BCUT2D eigenvalue weighted by Crippen LogP contribution is -2.44. The third-order valence-electron chi connectivity index (χ3n) is 5.35. The molecule has 0 saturated heterocycles. The minimum Gasteiger partial charge on any atom is -0.545 e. The van der Waals surface area contributed by atoms with Gasteiger partial charge in [0.25, 0.3) is 5.56 Å². The van der Waals surface area contributed by atoms with E-state index in [2.05, 4.69) is 0 Å². The van der Waals surface area contributed by atoms with Crippen LogP contribution in [-0.2, 0) is 19.3 Å². The van der Waals surface area contributed by atoms with Crippen LogP contribution in [0.4, 0.5) is 17.6 Å². The number of aromatic carboxylic acids is 1. The second kappa shape index (κ2) is 8.42. The van der Waals surface area contributed by atoms with Crippen LogP contribution in [0.15, 0.2) is 61.4 Å². The molecule has 0 aliphatic carbocycles. The number of fused-ring (bicyclic) bond motifs is 1. The number of aryl methyl sites for hydroxylation is 1. The molecule has 35 heavy (non-hydrogen) atoms. The Kier molecular flexibility index (Phi) is 5.71. The average molecular weight is 492 g/mol. The highest BCUT2D eigenvalue weighted by Gasteiger charge is 2.37. The van der Waals surface area contributed by atoms with Crippen LogP contribution in [0.2, 0.25) is 0 Å². The molecular weight excluding hydrogens is 478 g/mol. The van der Waals surface area contributed by atoms with E-state index in [-0.39, 0.29) is 22.4 Å². The molecule has 0 aliphatic rings. The zero-order chi connectivity index (χ0) is 25.7. The summed E-state index contributed by atoms with van der Waals surface area (Å²) in [4.78, 5) is 49.3. The number of alkyl halides is 3. The number of aromatic nitrogens is 3. The number of benzene rings is 2. The highest BCUT2D eigenvalue weighted by molar-refractivity contribution is 5.85. The molecular formula is C22H14F4N3O6-. The fourth-order valence-electron chi connectivity index (χ4n) is 3.76. The van der Waals surface area contributed by atoms with E-state index in [1.165, 1.54) is 22.8 Å². The van der Waals surface area contributed by atoms with E-state index in [1.54, 1.807) is 6.92 Å². The monoisotopic (exact) mass is 492 g/mol. The summed E-state index contributed by atoms with van der Waals surface area (Å²) in [6.45, 7) is 0.896. The molecule has 0 unspecified atom stereocenters. The molecule has 182 valence electrons. The summed E-state index contributed by atoms with van der Waals surface area (Å²) < 4.78 is 61.6. The van der Waals surface area contributed by atoms with Crippen LogP contribution in [-0.4, -0.2) is 19.7 Å². The second-order valence-corrected chi connectivity index (χ2v) is 7.41. The second-order valence-electron chi connectivity index (χ2n) is 7.41. The molecule has 0 atom stereocenters. The minimum absolute atomic E-state index is 0.0403. The first-order valence-corrected chi connectivity index (χ1v) is 10.00. The smallest absolute Gasteiger partial charge is 0.419 e. The van der Waals surface area contributed by atoms with Crippen LogP contribution < -0.4 is 22.1 Å². The lowest BCUT2D eigenvalue weighted by molar-refractivity contribution is -0.255. The Balaban J connectivity index is 1.96. The minimum atomic E-state index is -5.15. The van der Waals surface area contributed by atoms with Crippen molar-refractivity contribution in [2.45, 2.75) is 26.2 Å². The molecule has 13 heteroatoms. The van der Waals surface area contributed by atoms with Crippen molar-refractivity contribution < 1.29 is 31.9 Å². The Morgan fingerprint density at radius 2 is 1.80 bits per heavy atom. The molecule has 0 saturated carbocycles. The number of carboxylic acids is 1. The van der Waals surface area contributed by atoms with Crippen LogP contribution in [0.5, 0.6) is 0 Å². The van der Waals surface area contributed by atoms with Crippen molar-refractivity contribution in [2.75, 3.05) is 0 Å². The van der Waals surface area contributed by atoms with Gasteiger partial charge in [-0.2, -0.15) is 13.2 Å². The quantitative estimate of drug-likeness (QED) is 0.390. The molecule has 9 nitrogen and oxygen atoms in total. The molecule has 2 aromatic carbocycles. The first kappa shape index (κ1) is 23.7. The maximum atomic E-state index is 14.0. The predicted octanol–water partition coefficient (Wildman–Crippen LogP) is 1.50. The fraction of sp³-hybridized carbons (Fsp3) is 0.182. The average Bonchev–Trinajstić information content (AvgIpc) is 3.09. The van der Waals surface area contributed by atoms with Crippen LogP contribution in [0.1, 0.15) is 28.4 Å². The molecule has 4 aromatic rings. The summed E-state index contributed by atoms with van der Waals surface area (Å²) in [6.07, 6.45) is -4.49. The lowest BCUT2D eigenvalue weighted by atomic mass is 10.1. The van der Waals surface area contributed by atoms with Gasteiger partial charge in [0.15, 0.2) is 5.58 Å². The zero-order valence-corrected chi connectivity index (χ0v) is 17.8. The largest absolute Gasteiger partial charge is 0.545 e. The Morgan fingerprint density at radius 1 is 1.09 bits per heavy atom. The molecule has 2 heterocycles. The van der Waals surface area contributed by atoms with E-state index >= 15 is 0 Å². The van der Waals surface area contributed by atoms with Gasteiger partial charge in [-0.3, -0.25) is 18.5 Å². The van der Waals surface area contributed by atoms with Gasteiger partial charge in [0, 0.05) is 18.8 Å². The standard InChI is InChI=1S/C22H15F4N3O6/c1-2-27-15-7-6-12(8-16(15)35-21(27)34)28-10-13(19(31)32)18(30)29(20(28)33)9-11-4-3-5-14(23)17(11)22(24,25)26/h3-8,10H,2,9H2,1H3,(H,31,32)/p-1. The van der Waals surface area contributed by atoms with Crippen molar-refractivity contribution >= 4 is 17.1 Å². The molecule has 0 spiro atoms. The van der Waals surface area contributed by atoms with Gasteiger partial charge < -0.3 is 14.3 Å². The topological polar surface area (TPSA) is 119 Å². The summed E-state index contributed by atoms with van der Waals surface area (Å²) in [5, 5.41) is 11.6. The number of carboxylic acid groups (broad SMARTS) is 1. The Labute approximate surface area is 191 Å². The molecule has 0 fully saturated rings. The van der Waals surface area contributed by atoms with Crippen molar-refractivity contribution in [3.05, 3.63) is 96.5 Å². The maximum absolute atomic E-state index is 14.0. The van der Waals surface area contributed by atoms with E-state index in [0.717, 1.165) is 12.1 Å². The first-order chi connectivity index (χ1) is 16.4. The van der Waals surface area contributed by atoms with Crippen LogP contribution in [0, 0.1) is 5.82 Å². The number of carbonyl (C=O) groups excluding carboxylic acids is 1. The number of hydrogen-bond acceptors (Lipinski definition) is 6. The number of oxazole rings is 1. The third kappa shape index (κ3) is 4.05. The molecule has 0 N–H and O–H groups in total. The molecule has 0 bridgehead atoms. The SMILES string of the molecule is CCn1c(=O)oc2cc(-n3cc(C(=O)[O-])c(=O)n(Cc4cccc(F)c4C(F)(F)F)c3=O)ccc21. The molecule has 0 radical (unpaired) electrons. The highest BCUT2D eigenvalue weighted by atomic mass is 19.4. The summed E-state index contributed by atoms with van der Waals surface area (Å²) in [5.41, 5.74) is -5.77. The van der Waals surface area contributed by atoms with Crippen molar-refractivity contribution in [3.8, 4) is 5.69 Å². The van der Waals surface area contributed by atoms with Gasteiger partial charge in [-0.05, 0) is 30.7 Å². The van der Waals surface area contributed by atoms with E-state index < -0.39 is 58.2 Å². The third-order valence-corrected chi connectivity index (χ3v) is 5.35. The molecule has 4 rings (SSSR count). The van der Waals surface area contributed by atoms with Crippen LogP contribution in [0.3, 0.4) is 0 Å². The number of halogens is 4. The van der Waals surface area contributed by atoms with E-state index in [9.17, 15) is 41.8 Å². The van der Waals surface area contributed by atoms with E-state index in [0.29, 0.717) is 22.3 Å². The normalized spacial score (nSPS) is 11.8. The first-order valence-electron chi connectivity index (χ1n) is 10.00. The Bertz CT molecular complexity index is 1660. The van der Waals surface area contributed by atoms with Crippen molar-refractivity contribution in [1.29, 1.82) is 0 Å². The zero-order valence-electron chi connectivity index (χ0n) is 17.8. The van der Waals surface area contributed by atoms with Crippen molar-refractivity contribution in [1.82, 2.24) is 13.7 Å². The number of carbonyl (C=O) groups is 1. The highest BCUT2D eigenvalue weighted by Crippen LogP contribution is 2.34. The van der Waals surface area contributed by atoms with Gasteiger partial charge >= 0.3 is 17.6 Å². The van der Waals surface area contributed by atoms with Gasteiger partial charge in [0.05, 0.1) is 34.8 Å². The molecule has 0 amide bonds. The van der Waals surface area contributed by atoms with Gasteiger partial charge in [-0.1, -0.05) is 12.1 Å². The lowest BCUT2D eigenvalue weighted by Gasteiger charge is -2.17. The van der Waals surface area contributed by atoms with Crippen LogP contribution in [0.25, 0.3) is 16.8 Å². The van der Waals surface area contributed by atoms with Gasteiger partial charge in [0.2, 0.25) is 0 Å². The Hall–Kier alpha value is -4.42. The van der Waals surface area contributed by atoms with Crippen molar-refractivity contribution in [2.24, 2.45) is 0 Å². The summed E-state index contributed by atoms with van der Waals surface area (Å²) in [7, 11) is 0. The maximum Gasteiger partial charge on any atom is 0.419 e.